The van der Waals surface area contributed by atoms with E-state index < -0.39 is 0 Å². The van der Waals surface area contributed by atoms with Gasteiger partial charge in [0.25, 0.3) is 0 Å². The van der Waals surface area contributed by atoms with Gasteiger partial charge in [-0.25, -0.2) is 0 Å². The average Bonchev–Trinajstić information content (AvgIpc) is 3.17. The molecule has 1 saturated heterocycles. The van der Waals surface area contributed by atoms with Gasteiger partial charge in [-0.15, -0.1) is 0 Å². The lowest BCUT2D eigenvalue weighted by molar-refractivity contribution is -0.126. The van der Waals surface area contributed by atoms with E-state index in [4.69, 9.17) is 4.74 Å². The van der Waals surface area contributed by atoms with E-state index in [2.05, 4.69) is 45.5 Å². The molecule has 0 aliphatic carbocycles. The zero-order valence-electron chi connectivity index (χ0n) is 20.8. The molecule has 7 nitrogen and oxygen atoms in total. The fourth-order valence-corrected chi connectivity index (χ4v) is 4.85. The van der Waals surface area contributed by atoms with Gasteiger partial charge < -0.3 is 19.9 Å². The van der Waals surface area contributed by atoms with Crippen molar-refractivity contribution in [3.63, 3.8) is 0 Å². The smallest absolute Gasteiger partial charge is 0.223 e. The summed E-state index contributed by atoms with van der Waals surface area (Å²) < 4.78 is 7.58. The Bertz CT molecular complexity index is 1140. The van der Waals surface area contributed by atoms with Gasteiger partial charge in [-0.3, -0.25) is 14.5 Å². The molecule has 1 unspecified atom stereocenters. The number of aromatic nitrogens is 1. The Morgan fingerprint density at radius 2 is 1.97 bits per heavy atom. The first kappa shape index (κ1) is 24.8. The molecule has 0 radical (unpaired) electrons. The van der Waals surface area contributed by atoms with E-state index in [1.807, 2.05) is 36.4 Å². The normalized spacial score (nSPS) is 18.0. The van der Waals surface area contributed by atoms with E-state index in [9.17, 15) is 9.59 Å². The Morgan fingerprint density at radius 3 is 2.77 bits per heavy atom. The summed E-state index contributed by atoms with van der Waals surface area (Å²) in [4.78, 5) is 27.7. The predicted molar refractivity (Wildman–Crippen MR) is 138 cm³/mol. The van der Waals surface area contributed by atoms with Crippen LogP contribution in [0.2, 0.25) is 0 Å². The molecule has 3 aromatic rings. The summed E-state index contributed by atoms with van der Waals surface area (Å²) in [5, 5.41) is 7.26. The average molecular weight is 477 g/mol. The Morgan fingerprint density at radius 1 is 1.14 bits per heavy atom. The number of carbonyl (C=O) groups excluding carboxylic acids is 2. The first-order chi connectivity index (χ1) is 17.0. The van der Waals surface area contributed by atoms with Crippen LogP contribution in [0.15, 0.2) is 54.7 Å². The number of benzene rings is 2. The van der Waals surface area contributed by atoms with E-state index in [0.29, 0.717) is 32.5 Å². The molecule has 186 valence electrons. The number of hydrogen-bond donors (Lipinski definition) is 2. The van der Waals surface area contributed by atoms with Crippen LogP contribution in [0, 0.1) is 5.92 Å². The molecule has 35 heavy (non-hydrogen) atoms. The Labute approximate surface area is 207 Å². The Balaban J connectivity index is 1.42. The quantitative estimate of drug-likeness (QED) is 0.570. The second kappa shape index (κ2) is 11.9. The number of aryl methyl sites for hydroxylation is 1. The molecule has 0 spiro atoms. The number of nitrogens with zero attached hydrogens (tertiary/aromatic N) is 2. The van der Waals surface area contributed by atoms with Crippen molar-refractivity contribution in [2.45, 2.75) is 38.8 Å². The van der Waals surface area contributed by atoms with E-state index in [-0.39, 0.29) is 17.7 Å². The van der Waals surface area contributed by atoms with Crippen molar-refractivity contribution in [2.24, 2.45) is 13.0 Å². The molecule has 2 heterocycles. The van der Waals surface area contributed by atoms with Crippen molar-refractivity contribution in [3.8, 4) is 5.75 Å². The first-order valence-electron chi connectivity index (χ1n) is 12.5. The second-order valence-corrected chi connectivity index (χ2v) is 9.36. The lowest BCUT2D eigenvalue weighted by Crippen LogP contribution is -2.33. The highest BCUT2D eigenvalue weighted by Gasteiger charge is 2.21. The molecule has 1 atom stereocenters. The number of nitrogens with one attached hydrogen (secondary N) is 2. The fraction of sp³-hybridized carbons (Fsp3) is 0.429. The standard InChI is InChI=1S/C28H36N4O3/c1-31-19-23(25-17-24(35-2)10-11-26(25)31)20-32-15-6-9-22(12-14-29-27(33)13-16-32)28(34)30-18-21-7-4-3-5-8-21/h3-5,7-8,10-11,17,19,22H,6,9,12-16,18,20H2,1-2H3,(H,29,33)(H,30,34). The molecule has 1 aliphatic rings. The molecular formula is C28H36N4O3. The molecule has 2 aromatic carbocycles. The third-order valence-electron chi connectivity index (χ3n) is 6.85. The molecule has 2 amide bonds. The van der Waals surface area contributed by atoms with Crippen molar-refractivity contribution < 1.29 is 14.3 Å². The minimum atomic E-state index is -0.110. The largest absolute Gasteiger partial charge is 0.497 e. The number of amides is 2. The molecule has 1 aromatic heterocycles. The highest BCUT2D eigenvalue weighted by molar-refractivity contribution is 5.85. The third kappa shape index (κ3) is 6.63. The van der Waals surface area contributed by atoms with Crippen LogP contribution in [-0.4, -0.2) is 48.0 Å². The van der Waals surface area contributed by atoms with Gasteiger partial charge >= 0.3 is 0 Å². The highest BCUT2D eigenvalue weighted by atomic mass is 16.5. The monoisotopic (exact) mass is 476 g/mol. The molecule has 4 rings (SSSR count). The van der Waals surface area contributed by atoms with Crippen LogP contribution in [0.5, 0.6) is 5.75 Å². The SMILES string of the molecule is COc1ccc2c(c1)c(CN1CCCC(C(=O)NCc3ccccc3)CCNC(=O)CC1)cn2C. The molecule has 2 N–H and O–H groups in total. The van der Waals surface area contributed by atoms with E-state index >= 15 is 0 Å². The summed E-state index contributed by atoms with van der Waals surface area (Å²) in [6.07, 6.45) is 4.99. The number of fused-ring (bicyclic) bond motifs is 1. The van der Waals surface area contributed by atoms with Crippen LogP contribution in [0.1, 0.15) is 36.8 Å². The van der Waals surface area contributed by atoms with E-state index in [1.165, 1.54) is 10.9 Å². The van der Waals surface area contributed by atoms with Gasteiger partial charge in [0.15, 0.2) is 0 Å². The van der Waals surface area contributed by atoms with Gasteiger partial charge in [-0.1, -0.05) is 30.3 Å². The maximum Gasteiger partial charge on any atom is 0.223 e. The van der Waals surface area contributed by atoms with Gasteiger partial charge in [0.05, 0.1) is 7.11 Å². The van der Waals surface area contributed by atoms with Crippen LogP contribution in [0.4, 0.5) is 0 Å². The van der Waals surface area contributed by atoms with Crippen molar-refractivity contribution in [3.05, 3.63) is 65.9 Å². The molecule has 1 fully saturated rings. The maximum absolute atomic E-state index is 12.9. The molecule has 0 saturated carbocycles. The van der Waals surface area contributed by atoms with Gasteiger partial charge in [0.1, 0.15) is 5.75 Å². The van der Waals surface area contributed by atoms with Gasteiger partial charge in [0.2, 0.25) is 11.8 Å². The summed E-state index contributed by atoms with van der Waals surface area (Å²) >= 11 is 0. The summed E-state index contributed by atoms with van der Waals surface area (Å²) in [6, 6.07) is 16.1. The van der Waals surface area contributed by atoms with Gasteiger partial charge in [0, 0.05) is 62.7 Å². The third-order valence-corrected chi connectivity index (χ3v) is 6.85. The number of ether oxygens (including phenoxy) is 1. The van der Waals surface area contributed by atoms with Crippen molar-refractivity contribution in [1.82, 2.24) is 20.1 Å². The maximum atomic E-state index is 12.9. The summed E-state index contributed by atoms with van der Waals surface area (Å²) in [7, 11) is 3.74. The Hall–Kier alpha value is -3.32. The van der Waals surface area contributed by atoms with E-state index in [0.717, 1.165) is 42.8 Å². The zero-order valence-corrected chi connectivity index (χ0v) is 20.8. The summed E-state index contributed by atoms with van der Waals surface area (Å²) in [5.41, 5.74) is 3.46. The lowest BCUT2D eigenvalue weighted by Gasteiger charge is -2.22. The Kier molecular flexibility index (Phi) is 8.42. The topological polar surface area (TPSA) is 75.6 Å². The first-order valence-corrected chi connectivity index (χ1v) is 12.5. The molecule has 1 aliphatic heterocycles. The van der Waals surface area contributed by atoms with Gasteiger partial charge in [-0.2, -0.15) is 0 Å². The van der Waals surface area contributed by atoms with Crippen molar-refractivity contribution in [2.75, 3.05) is 26.7 Å². The number of rotatable bonds is 6. The van der Waals surface area contributed by atoms with Crippen LogP contribution in [0.25, 0.3) is 10.9 Å². The number of hydrogen-bond acceptors (Lipinski definition) is 4. The van der Waals surface area contributed by atoms with Crippen LogP contribution < -0.4 is 15.4 Å². The molecule has 0 bridgehead atoms. The second-order valence-electron chi connectivity index (χ2n) is 9.36. The van der Waals surface area contributed by atoms with Crippen molar-refractivity contribution >= 4 is 22.7 Å². The highest BCUT2D eigenvalue weighted by Crippen LogP contribution is 2.27. The van der Waals surface area contributed by atoms with Crippen LogP contribution >= 0.6 is 0 Å². The van der Waals surface area contributed by atoms with Crippen LogP contribution in [-0.2, 0) is 29.7 Å². The fourth-order valence-electron chi connectivity index (χ4n) is 4.85. The molecular weight excluding hydrogens is 440 g/mol. The van der Waals surface area contributed by atoms with Crippen LogP contribution in [0.3, 0.4) is 0 Å². The summed E-state index contributed by atoms with van der Waals surface area (Å²) in [5.74, 6) is 0.835. The predicted octanol–water partition coefficient (Wildman–Crippen LogP) is 3.61. The van der Waals surface area contributed by atoms with Gasteiger partial charge in [-0.05, 0) is 55.1 Å². The van der Waals surface area contributed by atoms with Crippen molar-refractivity contribution in [1.29, 1.82) is 0 Å². The number of carbonyl (C=O) groups is 2. The molecule has 7 heteroatoms. The van der Waals surface area contributed by atoms with E-state index in [1.54, 1.807) is 7.11 Å². The minimum absolute atomic E-state index is 0.0416. The summed E-state index contributed by atoms with van der Waals surface area (Å²) in [6.45, 7) is 3.35. The lowest BCUT2D eigenvalue weighted by atomic mass is 9.98. The zero-order chi connectivity index (χ0) is 24.6. The number of methoxy groups -OCH3 is 1. The minimum Gasteiger partial charge on any atom is -0.497 e.